The first kappa shape index (κ1) is 19.8. The van der Waals surface area contributed by atoms with Crippen LogP contribution in [0.5, 0.6) is 5.75 Å². The van der Waals surface area contributed by atoms with Crippen LogP contribution in [0, 0.1) is 10.1 Å². The zero-order chi connectivity index (χ0) is 19.8. The molecule has 0 radical (unpaired) electrons. The van der Waals surface area contributed by atoms with Crippen molar-refractivity contribution in [3.63, 3.8) is 0 Å². The normalized spacial score (nSPS) is 14.5. The van der Waals surface area contributed by atoms with Gasteiger partial charge in [0.2, 0.25) is 11.6 Å². The third kappa shape index (κ3) is 5.05. The van der Waals surface area contributed by atoms with Crippen LogP contribution in [0.1, 0.15) is 6.42 Å². The highest BCUT2D eigenvalue weighted by Crippen LogP contribution is 2.34. The molecule has 150 valence electrons. The molecule has 1 aromatic carbocycles. The van der Waals surface area contributed by atoms with E-state index in [1.54, 1.807) is 12.1 Å². The number of benzene rings is 1. The number of ether oxygens (including phenoxy) is 2. The summed E-state index contributed by atoms with van der Waals surface area (Å²) < 4.78 is 10.6. The van der Waals surface area contributed by atoms with E-state index in [9.17, 15) is 10.1 Å². The maximum Gasteiger partial charge on any atom is 0.353 e. The Balaban J connectivity index is 1.68. The molecule has 1 aliphatic heterocycles. The lowest BCUT2D eigenvalue weighted by Crippen LogP contribution is -2.37. The average Bonchev–Trinajstić information content (AvgIpc) is 2.72. The molecule has 10 heteroatoms. The van der Waals surface area contributed by atoms with Gasteiger partial charge in [-0.2, -0.15) is 0 Å². The molecule has 10 nitrogen and oxygen atoms in total. The van der Waals surface area contributed by atoms with Gasteiger partial charge in [-0.1, -0.05) is 12.1 Å². The zero-order valence-corrected chi connectivity index (χ0v) is 15.8. The number of hydrogen-bond donors (Lipinski definition) is 2. The van der Waals surface area contributed by atoms with E-state index in [-0.39, 0.29) is 17.3 Å². The van der Waals surface area contributed by atoms with Crippen LogP contribution < -0.4 is 15.4 Å². The third-order valence-electron chi connectivity index (χ3n) is 4.41. The fourth-order valence-corrected chi connectivity index (χ4v) is 2.98. The fraction of sp³-hybridized carbons (Fsp3) is 0.444. The van der Waals surface area contributed by atoms with Crippen molar-refractivity contribution in [2.45, 2.75) is 6.42 Å². The number of para-hydroxylation sites is 2. The highest BCUT2D eigenvalue weighted by molar-refractivity contribution is 5.75. The highest BCUT2D eigenvalue weighted by atomic mass is 16.6. The number of methoxy groups -OCH3 is 1. The molecule has 2 aromatic rings. The minimum Gasteiger partial charge on any atom is -0.495 e. The second-order valence-electron chi connectivity index (χ2n) is 6.24. The fourth-order valence-electron chi connectivity index (χ4n) is 2.98. The van der Waals surface area contributed by atoms with E-state index < -0.39 is 4.92 Å². The Labute approximate surface area is 163 Å². The van der Waals surface area contributed by atoms with Gasteiger partial charge in [-0.25, -0.2) is 9.97 Å². The van der Waals surface area contributed by atoms with Crippen LogP contribution in [-0.2, 0) is 4.74 Å². The van der Waals surface area contributed by atoms with Gasteiger partial charge in [-0.3, -0.25) is 15.0 Å². The molecule has 1 saturated heterocycles. The van der Waals surface area contributed by atoms with Gasteiger partial charge in [0.25, 0.3) is 0 Å². The molecule has 28 heavy (non-hydrogen) atoms. The van der Waals surface area contributed by atoms with Gasteiger partial charge < -0.3 is 20.1 Å². The van der Waals surface area contributed by atoms with Crippen LogP contribution in [0.2, 0.25) is 0 Å². The molecule has 2 heterocycles. The van der Waals surface area contributed by atoms with Crippen molar-refractivity contribution in [3.05, 3.63) is 40.7 Å². The Hall–Kier alpha value is -2.98. The number of nitrogens with one attached hydrogen (secondary N) is 2. The van der Waals surface area contributed by atoms with Crippen LogP contribution in [-0.4, -0.2) is 66.3 Å². The van der Waals surface area contributed by atoms with Crippen molar-refractivity contribution in [1.29, 1.82) is 0 Å². The number of nitro groups is 1. The molecule has 0 unspecified atom stereocenters. The molecule has 0 atom stereocenters. The van der Waals surface area contributed by atoms with Crippen molar-refractivity contribution < 1.29 is 14.4 Å². The molecule has 0 amide bonds. The van der Waals surface area contributed by atoms with Crippen molar-refractivity contribution in [2.75, 3.05) is 57.1 Å². The van der Waals surface area contributed by atoms with Crippen LogP contribution in [0.3, 0.4) is 0 Å². The number of anilines is 3. The van der Waals surface area contributed by atoms with Crippen LogP contribution in [0.15, 0.2) is 30.6 Å². The highest BCUT2D eigenvalue weighted by Gasteiger charge is 2.23. The Bertz CT molecular complexity index is 797. The number of morpholine rings is 1. The largest absolute Gasteiger partial charge is 0.495 e. The van der Waals surface area contributed by atoms with Gasteiger partial charge in [0, 0.05) is 19.6 Å². The minimum absolute atomic E-state index is 0.111. The van der Waals surface area contributed by atoms with Gasteiger partial charge in [0.15, 0.2) is 0 Å². The third-order valence-corrected chi connectivity index (χ3v) is 4.41. The molecule has 3 rings (SSSR count). The minimum atomic E-state index is -0.484. The van der Waals surface area contributed by atoms with E-state index in [1.807, 2.05) is 12.1 Å². The summed E-state index contributed by atoms with van der Waals surface area (Å²) in [4.78, 5) is 21.6. The Morgan fingerprint density at radius 2 is 2.00 bits per heavy atom. The maximum absolute atomic E-state index is 11.7. The molecule has 0 saturated carbocycles. The van der Waals surface area contributed by atoms with Crippen molar-refractivity contribution >= 4 is 23.0 Å². The Morgan fingerprint density at radius 1 is 1.25 bits per heavy atom. The van der Waals surface area contributed by atoms with E-state index in [0.29, 0.717) is 18.0 Å². The van der Waals surface area contributed by atoms with E-state index >= 15 is 0 Å². The lowest BCUT2D eigenvalue weighted by molar-refractivity contribution is -0.383. The van der Waals surface area contributed by atoms with Crippen LogP contribution in [0.25, 0.3) is 0 Å². The van der Waals surface area contributed by atoms with E-state index in [1.165, 1.54) is 13.4 Å². The van der Waals surface area contributed by atoms with Gasteiger partial charge in [0.05, 0.1) is 30.9 Å². The number of aromatic nitrogens is 2. The van der Waals surface area contributed by atoms with Gasteiger partial charge >= 0.3 is 5.69 Å². The predicted octanol–water partition coefficient (Wildman–Crippen LogP) is 2.27. The molecular formula is C18H24N6O4. The number of hydrogen-bond acceptors (Lipinski definition) is 9. The van der Waals surface area contributed by atoms with Gasteiger partial charge in [-0.05, 0) is 25.1 Å². The van der Waals surface area contributed by atoms with Gasteiger partial charge in [0.1, 0.15) is 12.1 Å². The molecule has 1 aliphatic rings. The summed E-state index contributed by atoms with van der Waals surface area (Å²) in [7, 11) is 1.54. The molecular weight excluding hydrogens is 364 g/mol. The lowest BCUT2D eigenvalue weighted by atomic mass is 10.3. The summed E-state index contributed by atoms with van der Waals surface area (Å²) in [5, 5.41) is 17.7. The number of rotatable bonds is 9. The monoisotopic (exact) mass is 388 g/mol. The SMILES string of the molecule is COc1ccccc1Nc1ncnc(NCCCN2CCOCC2)c1[N+](=O)[O-]. The molecule has 1 aromatic heterocycles. The molecule has 2 N–H and O–H groups in total. The summed E-state index contributed by atoms with van der Waals surface area (Å²) >= 11 is 0. The maximum atomic E-state index is 11.7. The van der Waals surface area contributed by atoms with Crippen LogP contribution >= 0.6 is 0 Å². The van der Waals surface area contributed by atoms with E-state index in [2.05, 4.69) is 25.5 Å². The van der Waals surface area contributed by atoms with Crippen molar-refractivity contribution in [2.24, 2.45) is 0 Å². The Kier molecular flexibility index (Phi) is 6.93. The predicted molar refractivity (Wildman–Crippen MR) is 105 cm³/mol. The quantitative estimate of drug-likeness (QED) is 0.379. The van der Waals surface area contributed by atoms with Gasteiger partial charge in [-0.15, -0.1) is 0 Å². The second kappa shape index (κ2) is 9.81. The van der Waals surface area contributed by atoms with E-state index in [4.69, 9.17) is 9.47 Å². The summed E-state index contributed by atoms with van der Waals surface area (Å²) in [6.07, 6.45) is 2.14. The summed E-state index contributed by atoms with van der Waals surface area (Å²) in [5.41, 5.74) is 0.393. The Morgan fingerprint density at radius 3 is 2.75 bits per heavy atom. The molecule has 1 fully saturated rings. The second-order valence-corrected chi connectivity index (χ2v) is 6.24. The molecule has 0 spiro atoms. The zero-order valence-electron chi connectivity index (χ0n) is 15.8. The van der Waals surface area contributed by atoms with E-state index in [0.717, 1.165) is 39.3 Å². The smallest absolute Gasteiger partial charge is 0.353 e. The molecule has 0 aliphatic carbocycles. The summed E-state index contributed by atoms with van der Waals surface area (Å²) in [5.74, 6) is 0.870. The topological polar surface area (TPSA) is 115 Å². The molecule has 0 bridgehead atoms. The first-order chi connectivity index (χ1) is 13.7. The van der Waals surface area contributed by atoms with Crippen LogP contribution in [0.4, 0.5) is 23.0 Å². The number of nitrogens with zero attached hydrogens (tertiary/aromatic N) is 4. The lowest BCUT2D eigenvalue weighted by Gasteiger charge is -2.26. The van der Waals surface area contributed by atoms with Crippen molar-refractivity contribution in [3.8, 4) is 5.75 Å². The van der Waals surface area contributed by atoms with Crippen molar-refractivity contribution in [1.82, 2.24) is 14.9 Å². The standard InChI is InChI=1S/C18H24N6O4/c1-27-15-6-3-2-5-14(15)22-18-16(24(25)26)17(20-13-21-18)19-7-4-8-23-9-11-28-12-10-23/h2-3,5-6,13H,4,7-12H2,1H3,(H2,19,20,21,22). The average molecular weight is 388 g/mol. The first-order valence-corrected chi connectivity index (χ1v) is 9.12. The first-order valence-electron chi connectivity index (χ1n) is 9.12. The summed E-state index contributed by atoms with van der Waals surface area (Å²) in [6.45, 7) is 4.82. The summed E-state index contributed by atoms with van der Waals surface area (Å²) in [6, 6.07) is 7.16.